The van der Waals surface area contributed by atoms with Gasteiger partial charge in [-0.25, -0.2) is 4.79 Å². The summed E-state index contributed by atoms with van der Waals surface area (Å²) in [5, 5.41) is 21.5. The number of ether oxygens (including phenoxy) is 1. The molecule has 0 aliphatic carbocycles. The molecule has 0 saturated carbocycles. The molecule has 1 heterocycles. The van der Waals surface area contributed by atoms with Crippen LogP contribution in [0.25, 0.3) is 0 Å². The van der Waals surface area contributed by atoms with Gasteiger partial charge in [-0.2, -0.15) is 5.26 Å². The molecular formula is C17H24N4O3. The lowest BCUT2D eigenvalue weighted by atomic mass is 10.2. The SMILES string of the molecule is CCOC[C@@H](O)CN1CCN(C(=O)Nc2ccc(C#N)cc2)CC1. The lowest BCUT2D eigenvalue weighted by Gasteiger charge is -2.35. The Morgan fingerprint density at radius 2 is 2.00 bits per heavy atom. The van der Waals surface area contributed by atoms with Crippen molar-refractivity contribution in [1.29, 1.82) is 5.26 Å². The maximum Gasteiger partial charge on any atom is 0.321 e. The number of rotatable bonds is 6. The monoisotopic (exact) mass is 332 g/mol. The molecule has 1 aromatic rings. The topological polar surface area (TPSA) is 88.8 Å². The van der Waals surface area contributed by atoms with E-state index in [2.05, 4.69) is 10.2 Å². The van der Waals surface area contributed by atoms with Gasteiger partial charge in [0.15, 0.2) is 0 Å². The largest absolute Gasteiger partial charge is 0.389 e. The van der Waals surface area contributed by atoms with Crippen LogP contribution in [-0.2, 0) is 4.74 Å². The van der Waals surface area contributed by atoms with Gasteiger partial charge in [0.05, 0.1) is 24.3 Å². The van der Waals surface area contributed by atoms with Crippen molar-refractivity contribution < 1.29 is 14.6 Å². The number of aliphatic hydroxyl groups excluding tert-OH is 1. The Morgan fingerprint density at radius 1 is 1.33 bits per heavy atom. The van der Waals surface area contributed by atoms with E-state index in [0.29, 0.717) is 44.1 Å². The molecule has 7 nitrogen and oxygen atoms in total. The number of nitrogens with one attached hydrogen (secondary N) is 1. The van der Waals surface area contributed by atoms with Crippen LogP contribution in [0.4, 0.5) is 10.5 Å². The number of nitrogens with zero attached hydrogens (tertiary/aromatic N) is 3. The molecule has 1 aliphatic rings. The second kappa shape index (κ2) is 9.23. The number of anilines is 1. The molecule has 2 rings (SSSR count). The van der Waals surface area contributed by atoms with Crippen molar-refractivity contribution in [3.05, 3.63) is 29.8 Å². The molecule has 24 heavy (non-hydrogen) atoms. The van der Waals surface area contributed by atoms with Gasteiger partial charge in [0.2, 0.25) is 0 Å². The molecule has 0 bridgehead atoms. The molecule has 2 amide bonds. The summed E-state index contributed by atoms with van der Waals surface area (Å²) in [6, 6.07) is 8.69. The van der Waals surface area contributed by atoms with Gasteiger partial charge in [-0.05, 0) is 31.2 Å². The summed E-state index contributed by atoms with van der Waals surface area (Å²) in [4.78, 5) is 16.1. The minimum Gasteiger partial charge on any atom is -0.389 e. The third kappa shape index (κ3) is 5.49. The lowest BCUT2D eigenvalue weighted by molar-refractivity contribution is 0.0139. The van der Waals surface area contributed by atoms with Gasteiger partial charge in [0.1, 0.15) is 0 Å². The second-order valence-electron chi connectivity index (χ2n) is 5.72. The van der Waals surface area contributed by atoms with Crippen LogP contribution < -0.4 is 5.32 Å². The van der Waals surface area contributed by atoms with Crippen LogP contribution in [0.15, 0.2) is 24.3 Å². The molecule has 130 valence electrons. The van der Waals surface area contributed by atoms with Crippen LogP contribution in [0, 0.1) is 11.3 Å². The summed E-state index contributed by atoms with van der Waals surface area (Å²) in [7, 11) is 0. The van der Waals surface area contributed by atoms with Crippen LogP contribution >= 0.6 is 0 Å². The van der Waals surface area contributed by atoms with E-state index < -0.39 is 6.10 Å². The molecular weight excluding hydrogens is 308 g/mol. The summed E-state index contributed by atoms with van der Waals surface area (Å²) < 4.78 is 5.21. The van der Waals surface area contributed by atoms with Crippen LogP contribution in [0.2, 0.25) is 0 Å². The summed E-state index contributed by atoms with van der Waals surface area (Å²) in [6.07, 6.45) is -0.496. The Bertz CT molecular complexity index is 562. The normalized spacial score (nSPS) is 16.5. The van der Waals surface area contributed by atoms with E-state index in [0.717, 1.165) is 13.1 Å². The lowest BCUT2D eigenvalue weighted by Crippen LogP contribution is -2.51. The highest BCUT2D eigenvalue weighted by Crippen LogP contribution is 2.11. The zero-order valence-corrected chi connectivity index (χ0v) is 13.9. The van der Waals surface area contributed by atoms with E-state index in [1.807, 2.05) is 13.0 Å². The number of amides is 2. The summed E-state index contributed by atoms with van der Waals surface area (Å²) in [5.74, 6) is 0. The molecule has 7 heteroatoms. The third-order valence-corrected chi connectivity index (χ3v) is 3.91. The summed E-state index contributed by atoms with van der Waals surface area (Å²) >= 11 is 0. The van der Waals surface area contributed by atoms with Gasteiger partial charge in [-0.1, -0.05) is 0 Å². The maximum atomic E-state index is 12.3. The van der Waals surface area contributed by atoms with Crippen LogP contribution in [0.1, 0.15) is 12.5 Å². The first kappa shape index (κ1) is 18.2. The Labute approximate surface area is 142 Å². The van der Waals surface area contributed by atoms with Crippen molar-refractivity contribution in [2.24, 2.45) is 0 Å². The van der Waals surface area contributed by atoms with Crippen LogP contribution in [0.5, 0.6) is 0 Å². The fraction of sp³-hybridized carbons (Fsp3) is 0.529. The minimum atomic E-state index is -0.496. The van der Waals surface area contributed by atoms with Crippen LogP contribution in [-0.4, -0.2) is 73.0 Å². The number of carbonyl (C=O) groups excluding carboxylic acids is 1. The molecule has 0 radical (unpaired) electrons. The Balaban J connectivity index is 1.75. The quantitative estimate of drug-likeness (QED) is 0.814. The minimum absolute atomic E-state index is 0.144. The van der Waals surface area contributed by atoms with E-state index in [-0.39, 0.29) is 6.03 Å². The number of nitriles is 1. The number of β-amino-alcohol motifs (C(OH)–C–C–N with tert-alkyl or cyclic N) is 1. The highest BCUT2D eigenvalue weighted by atomic mass is 16.5. The van der Waals surface area contributed by atoms with E-state index in [1.165, 1.54) is 0 Å². The highest BCUT2D eigenvalue weighted by Gasteiger charge is 2.22. The van der Waals surface area contributed by atoms with Gasteiger partial charge < -0.3 is 20.1 Å². The van der Waals surface area contributed by atoms with Crippen molar-refractivity contribution in [1.82, 2.24) is 9.80 Å². The standard InChI is InChI=1S/C17H24N4O3/c1-2-24-13-16(22)12-20-7-9-21(10-8-20)17(23)19-15-5-3-14(11-18)4-6-15/h3-6,16,22H,2,7-10,12-13H2,1H3,(H,19,23)/t16-/m0/s1. The molecule has 1 atom stereocenters. The zero-order valence-electron chi connectivity index (χ0n) is 13.9. The molecule has 1 aromatic carbocycles. The van der Waals surface area contributed by atoms with Crippen molar-refractivity contribution in [2.45, 2.75) is 13.0 Å². The van der Waals surface area contributed by atoms with E-state index >= 15 is 0 Å². The molecule has 1 saturated heterocycles. The van der Waals surface area contributed by atoms with Gasteiger partial charge in [-0.15, -0.1) is 0 Å². The van der Waals surface area contributed by atoms with Crippen LogP contribution in [0.3, 0.4) is 0 Å². The van der Waals surface area contributed by atoms with Crippen molar-refractivity contribution in [3.63, 3.8) is 0 Å². The van der Waals surface area contributed by atoms with Gasteiger partial charge in [0.25, 0.3) is 0 Å². The molecule has 0 aromatic heterocycles. The number of urea groups is 1. The predicted molar refractivity (Wildman–Crippen MR) is 90.7 cm³/mol. The Morgan fingerprint density at radius 3 is 2.58 bits per heavy atom. The van der Waals surface area contributed by atoms with Crippen molar-refractivity contribution in [3.8, 4) is 6.07 Å². The van der Waals surface area contributed by atoms with Gasteiger partial charge >= 0.3 is 6.03 Å². The number of hydrogen-bond donors (Lipinski definition) is 2. The Hall–Kier alpha value is -2.14. The highest BCUT2D eigenvalue weighted by molar-refractivity contribution is 5.89. The first-order valence-electron chi connectivity index (χ1n) is 8.16. The van der Waals surface area contributed by atoms with Gasteiger partial charge in [0, 0.05) is 45.0 Å². The summed E-state index contributed by atoms with van der Waals surface area (Å²) in [6.45, 7) is 6.08. The fourth-order valence-electron chi connectivity index (χ4n) is 2.57. The number of piperazine rings is 1. The number of benzene rings is 1. The van der Waals surface area contributed by atoms with Crippen molar-refractivity contribution >= 4 is 11.7 Å². The average molecular weight is 332 g/mol. The Kier molecular flexibility index (Phi) is 7.00. The molecule has 2 N–H and O–H groups in total. The average Bonchev–Trinajstić information content (AvgIpc) is 2.61. The maximum absolute atomic E-state index is 12.3. The van der Waals surface area contributed by atoms with Gasteiger partial charge in [-0.3, -0.25) is 4.90 Å². The predicted octanol–water partition coefficient (Wildman–Crippen LogP) is 1.11. The first-order valence-corrected chi connectivity index (χ1v) is 8.16. The van der Waals surface area contributed by atoms with Crippen molar-refractivity contribution in [2.75, 3.05) is 51.3 Å². The number of carbonyl (C=O) groups is 1. The third-order valence-electron chi connectivity index (χ3n) is 3.91. The summed E-state index contributed by atoms with van der Waals surface area (Å²) in [5.41, 5.74) is 1.24. The zero-order chi connectivity index (χ0) is 17.4. The van der Waals surface area contributed by atoms with E-state index in [1.54, 1.807) is 29.2 Å². The second-order valence-corrected chi connectivity index (χ2v) is 5.72. The first-order chi connectivity index (χ1) is 11.6. The molecule has 0 spiro atoms. The molecule has 1 aliphatic heterocycles. The van der Waals surface area contributed by atoms with E-state index in [9.17, 15) is 9.90 Å². The smallest absolute Gasteiger partial charge is 0.321 e. The molecule has 1 fully saturated rings. The van der Waals surface area contributed by atoms with E-state index in [4.69, 9.17) is 10.00 Å². The number of aliphatic hydroxyl groups is 1. The fourth-order valence-corrected chi connectivity index (χ4v) is 2.57. The number of hydrogen-bond acceptors (Lipinski definition) is 5. The molecule has 0 unspecified atom stereocenters.